The first kappa shape index (κ1) is 22.6. The normalized spacial score (nSPS) is 33.4. The fraction of sp³-hybridized carbons (Fsp3) is 0.571. The Morgan fingerprint density at radius 1 is 1.36 bits per heavy atom. The Balaban J connectivity index is 1.48. The molecule has 3 saturated heterocycles. The number of fused-ring (bicyclic) bond motifs is 2. The number of thioether (sulfide) groups is 1. The molecular formula is C21H25BrN6O4S. The minimum absolute atomic E-state index is 0.00721. The minimum Gasteiger partial charge on any atom is -0.394 e. The Bertz CT molecular complexity index is 1130. The van der Waals surface area contributed by atoms with E-state index in [9.17, 15) is 19.5 Å². The number of para-hydroxylation sites is 1. The van der Waals surface area contributed by atoms with Crippen LogP contribution in [-0.2, 0) is 21.1 Å². The van der Waals surface area contributed by atoms with Crippen molar-refractivity contribution in [2.45, 2.75) is 46.9 Å². The maximum atomic E-state index is 13.7. The number of nitrogens with one attached hydrogen (secondary N) is 2. The first-order valence-corrected chi connectivity index (χ1v) is 12.7. The van der Waals surface area contributed by atoms with Crippen molar-refractivity contribution in [2.24, 2.45) is 11.8 Å². The summed E-state index contributed by atoms with van der Waals surface area (Å²) in [4.78, 5) is 41.6. The number of aliphatic hydroxyl groups excluding tert-OH is 1. The molecule has 3 unspecified atom stereocenters. The molecule has 33 heavy (non-hydrogen) atoms. The third kappa shape index (κ3) is 3.21. The number of likely N-dealkylation sites (tertiary alicyclic amines) is 1. The van der Waals surface area contributed by atoms with Gasteiger partial charge in [0, 0.05) is 17.1 Å². The molecule has 5 rings (SSSR count). The van der Waals surface area contributed by atoms with Gasteiger partial charge in [0.2, 0.25) is 17.7 Å². The number of hydrogen-bond acceptors (Lipinski definition) is 7. The molecule has 4 heterocycles. The van der Waals surface area contributed by atoms with E-state index >= 15 is 0 Å². The Hall–Kier alpha value is -2.18. The zero-order chi connectivity index (χ0) is 23.5. The van der Waals surface area contributed by atoms with E-state index in [1.807, 2.05) is 24.3 Å². The average molecular weight is 537 g/mol. The van der Waals surface area contributed by atoms with Crippen LogP contribution in [-0.4, -0.2) is 83.3 Å². The van der Waals surface area contributed by atoms with E-state index < -0.39 is 28.7 Å². The van der Waals surface area contributed by atoms with Crippen LogP contribution in [0.15, 0.2) is 24.3 Å². The molecule has 3 aliphatic heterocycles. The molecule has 10 nitrogen and oxygen atoms in total. The van der Waals surface area contributed by atoms with Crippen molar-refractivity contribution < 1.29 is 19.5 Å². The minimum atomic E-state index is -0.809. The van der Waals surface area contributed by atoms with E-state index in [4.69, 9.17) is 0 Å². The molecule has 176 valence electrons. The van der Waals surface area contributed by atoms with Crippen LogP contribution in [0.4, 0.5) is 0 Å². The lowest BCUT2D eigenvalue weighted by molar-refractivity contribution is -0.142. The van der Waals surface area contributed by atoms with Gasteiger partial charge in [0.25, 0.3) is 0 Å². The summed E-state index contributed by atoms with van der Waals surface area (Å²) in [5.41, 5.74) is 1.51. The van der Waals surface area contributed by atoms with Crippen LogP contribution in [0.2, 0.25) is 0 Å². The molecule has 1 aromatic heterocycles. The maximum Gasteiger partial charge on any atom is 0.245 e. The van der Waals surface area contributed by atoms with Gasteiger partial charge in [0.05, 0.1) is 34.7 Å². The second-order valence-electron chi connectivity index (χ2n) is 8.83. The fourth-order valence-electron chi connectivity index (χ4n) is 5.68. The van der Waals surface area contributed by atoms with Crippen LogP contribution in [0, 0.1) is 11.8 Å². The number of amides is 3. The molecule has 7 atom stereocenters. The number of aliphatic hydroxyl groups is 1. The molecule has 3 amide bonds. The standard InChI is InChI=1S/C21H25BrN6O4S/c1-10(8-29)28-17(19(31)24-9-27-13-6-4-3-5-12(13)25-26-27)21-7-11(22)16(33-21)14(18(30)23-2)15(21)20(28)32/h3-6,10-11,14-17,29H,7-9H2,1-2H3,(H,23,30)(H,24,31)/t10-,11?,14-,15+,16-,17?,21?/m1/s1. The lowest BCUT2D eigenvalue weighted by Crippen LogP contribution is -2.56. The van der Waals surface area contributed by atoms with Crippen molar-refractivity contribution in [2.75, 3.05) is 13.7 Å². The van der Waals surface area contributed by atoms with E-state index in [1.54, 1.807) is 30.4 Å². The van der Waals surface area contributed by atoms with Gasteiger partial charge in [-0.1, -0.05) is 33.3 Å². The van der Waals surface area contributed by atoms with E-state index in [2.05, 4.69) is 36.9 Å². The Morgan fingerprint density at radius 3 is 2.85 bits per heavy atom. The number of benzene rings is 1. The molecular weight excluding hydrogens is 512 g/mol. The van der Waals surface area contributed by atoms with Crippen molar-refractivity contribution in [3.05, 3.63) is 24.3 Å². The molecule has 3 N–H and O–H groups in total. The smallest absolute Gasteiger partial charge is 0.245 e. The highest BCUT2D eigenvalue weighted by atomic mass is 79.9. The summed E-state index contributed by atoms with van der Waals surface area (Å²) in [7, 11) is 1.56. The van der Waals surface area contributed by atoms with Crippen LogP contribution in [0.25, 0.3) is 11.0 Å². The monoisotopic (exact) mass is 536 g/mol. The van der Waals surface area contributed by atoms with Gasteiger partial charge in [0.15, 0.2) is 0 Å². The summed E-state index contributed by atoms with van der Waals surface area (Å²) in [6.07, 6.45) is 0.589. The SMILES string of the molecule is CNC(=O)[C@H]1[C@@H]2SC3(CC2Br)C(C(=O)NCn2nnc4ccccc42)N([C@H](C)CO)C(=O)[C@H]13. The number of aromatic nitrogens is 3. The highest BCUT2D eigenvalue weighted by molar-refractivity contribution is 9.09. The van der Waals surface area contributed by atoms with Crippen LogP contribution in [0.3, 0.4) is 0 Å². The van der Waals surface area contributed by atoms with Gasteiger partial charge in [-0.15, -0.1) is 16.9 Å². The number of carbonyl (C=O) groups is 3. The van der Waals surface area contributed by atoms with Crippen molar-refractivity contribution in [1.29, 1.82) is 0 Å². The van der Waals surface area contributed by atoms with Gasteiger partial charge >= 0.3 is 0 Å². The summed E-state index contributed by atoms with van der Waals surface area (Å²) in [6.45, 7) is 1.54. The summed E-state index contributed by atoms with van der Waals surface area (Å²) < 4.78 is 0.851. The van der Waals surface area contributed by atoms with Crippen LogP contribution in [0.1, 0.15) is 13.3 Å². The molecule has 0 aliphatic carbocycles. The maximum absolute atomic E-state index is 13.7. The highest BCUT2D eigenvalue weighted by Gasteiger charge is 2.75. The second-order valence-corrected chi connectivity index (χ2v) is 11.5. The fourth-order valence-corrected chi connectivity index (χ4v) is 9.28. The van der Waals surface area contributed by atoms with Gasteiger partial charge in [0.1, 0.15) is 18.2 Å². The van der Waals surface area contributed by atoms with E-state index in [0.717, 1.165) is 11.0 Å². The lowest BCUT2D eigenvalue weighted by atomic mass is 9.70. The Kier molecular flexibility index (Phi) is 5.65. The number of alkyl halides is 1. The van der Waals surface area contributed by atoms with Crippen molar-refractivity contribution in [3.63, 3.8) is 0 Å². The van der Waals surface area contributed by atoms with E-state index in [0.29, 0.717) is 6.42 Å². The second kappa shape index (κ2) is 8.24. The molecule has 0 saturated carbocycles. The number of rotatable bonds is 6. The first-order valence-electron chi connectivity index (χ1n) is 10.9. The van der Waals surface area contributed by atoms with E-state index in [-0.39, 0.29) is 41.1 Å². The van der Waals surface area contributed by atoms with Gasteiger partial charge in [-0.05, 0) is 25.5 Å². The molecule has 2 aromatic rings. The summed E-state index contributed by atoms with van der Waals surface area (Å²) in [6, 6.07) is 6.08. The molecule has 0 radical (unpaired) electrons. The number of hydrogen-bond donors (Lipinski definition) is 3. The van der Waals surface area contributed by atoms with Gasteiger partial charge < -0.3 is 20.6 Å². The van der Waals surface area contributed by atoms with Gasteiger partial charge in [-0.3, -0.25) is 14.4 Å². The van der Waals surface area contributed by atoms with Gasteiger partial charge in [-0.25, -0.2) is 4.68 Å². The van der Waals surface area contributed by atoms with E-state index in [1.165, 1.54) is 4.90 Å². The number of halogens is 1. The molecule has 12 heteroatoms. The Morgan fingerprint density at radius 2 is 2.12 bits per heavy atom. The molecule has 1 spiro atoms. The first-order chi connectivity index (χ1) is 15.8. The molecule has 1 aromatic carbocycles. The molecule has 3 fully saturated rings. The Labute approximate surface area is 202 Å². The quantitative estimate of drug-likeness (QED) is 0.446. The molecule has 3 aliphatic rings. The number of carbonyl (C=O) groups excluding carboxylic acids is 3. The molecule has 2 bridgehead atoms. The van der Waals surface area contributed by atoms with Crippen LogP contribution >= 0.6 is 27.7 Å². The summed E-state index contributed by atoms with van der Waals surface area (Å²) in [5.74, 6) is -1.90. The van der Waals surface area contributed by atoms with Crippen LogP contribution in [0.5, 0.6) is 0 Å². The van der Waals surface area contributed by atoms with Gasteiger partial charge in [-0.2, -0.15) is 0 Å². The average Bonchev–Trinajstić information content (AvgIpc) is 3.53. The lowest BCUT2D eigenvalue weighted by Gasteiger charge is -2.36. The van der Waals surface area contributed by atoms with Crippen molar-refractivity contribution in [3.8, 4) is 0 Å². The summed E-state index contributed by atoms with van der Waals surface area (Å²) >= 11 is 5.26. The predicted octanol–water partition coefficient (Wildman–Crippen LogP) is 0.0964. The topological polar surface area (TPSA) is 129 Å². The zero-order valence-electron chi connectivity index (χ0n) is 18.1. The third-order valence-corrected chi connectivity index (χ3v) is 10.3. The highest BCUT2D eigenvalue weighted by Crippen LogP contribution is 2.67. The van der Waals surface area contributed by atoms with Crippen molar-refractivity contribution >= 4 is 56.4 Å². The largest absolute Gasteiger partial charge is 0.394 e. The predicted molar refractivity (Wildman–Crippen MR) is 125 cm³/mol. The van der Waals surface area contributed by atoms with Crippen LogP contribution < -0.4 is 10.6 Å². The third-order valence-electron chi connectivity index (χ3n) is 7.09. The number of nitrogens with zero attached hydrogens (tertiary/aromatic N) is 4. The zero-order valence-corrected chi connectivity index (χ0v) is 20.5. The van der Waals surface area contributed by atoms with Crippen molar-refractivity contribution in [1.82, 2.24) is 30.5 Å². The summed E-state index contributed by atoms with van der Waals surface area (Å²) in [5, 5.41) is 23.6.